The van der Waals surface area contributed by atoms with E-state index in [2.05, 4.69) is 10.4 Å². The zero-order valence-corrected chi connectivity index (χ0v) is 11.0. The standard InChI is InChI=1S/C13H13N3O4/c1-16-11(13(18)19)10(7-14-16)15-12(17)8-3-5-9(20-2)6-4-8/h3-7H,1-2H3,(H,15,17)(H,18,19). The molecule has 0 fully saturated rings. The predicted octanol–water partition coefficient (Wildman–Crippen LogP) is 1.38. The van der Waals surface area contributed by atoms with Crippen LogP contribution < -0.4 is 10.1 Å². The van der Waals surface area contributed by atoms with Gasteiger partial charge in [-0.3, -0.25) is 9.48 Å². The zero-order valence-electron chi connectivity index (χ0n) is 11.0. The molecule has 1 aromatic carbocycles. The Kier molecular flexibility index (Phi) is 3.69. The van der Waals surface area contributed by atoms with Gasteiger partial charge in [0.05, 0.1) is 19.0 Å². The van der Waals surface area contributed by atoms with Gasteiger partial charge in [0.2, 0.25) is 0 Å². The van der Waals surface area contributed by atoms with Crippen LogP contribution in [-0.4, -0.2) is 33.9 Å². The van der Waals surface area contributed by atoms with E-state index >= 15 is 0 Å². The van der Waals surface area contributed by atoms with Crippen molar-refractivity contribution >= 4 is 17.6 Å². The minimum Gasteiger partial charge on any atom is -0.497 e. The molecular formula is C13H13N3O4. The number of carboxylic acid groups (broad SMARTS) is 1. The summed E-state index contributed by atoms with van der Waals surface area (Å²) in [6, 6.07) is 6.47. The average molecular weight is 275 g/mol. The van der Waals surface area contributed by atoms with E-state index in [0.29, 0.717) is 11.3 Å². The van der Waals surface area contributed by atoms with Gasteiger partial charge in [-0.25, -0.2) is 4.79 Å². The van der Waals surface area contributed by atoms with Gasteiger partial charge in [-0.2, -0.15) is 5.10 Å². The lowest BCUT2D eigenvalue weighted by molar-refractivity contribution is 0.0686. The van der Waals surface area contributed by atoms with Crippen LogP contribution in [0.1, 0.15) is 20.8 Å². The van der Waals surface area contributed by atoms with E-state index < -0.39 is 11.9 Å². The number of carbonyl (C=O) groups excluding carboxylic acids is 1. The highest BCUT2D eigenvalue weighted by Crippen LogP contribution is 2.17. The summed E-state index contributed by atoms with van der Waals surface area (Å²) in [5.41, 5.74) is 0.471. The van der Waals surface area contributed by atoms with Gasteiger partial charge in [-0.1, -0.05) is 0 Å². The normalized spacial score (nSPS) is 10.1. The summed E-state index contributed by atoms with van der Waals surface area (Å²) in [5.74, 6) is -0.938. The first-order chi connectivity index (χ1) is 9.52. The highest BCUT2D eigenvalue weighted by atomic mass is 16.5. The van der Waals surface area contributed by atoms with E-state index in [4.69, 9.17) is 9.84 Å². The van der Waals surface area contributed by atoms with Crippen LogP contribution in [0.2, 0.25) is 0 Å². The van der Waals surface area contributed by atoms with Crippen molar-refractivity contribution in [2.45, 2.75) is 0 Å². The number of aryl methyl sites for hydroxylation is 1. The average Bonchev–Trinajstić information content (AvgIpc) is 2.79. The number of ether oxygens (including phenoxy) is 1. The number of nitrogens with one attached hydrogen (secondary N) is 1. The van der Waals surface area contributed by atoms with Crippen LogP contribution in [-0.2, 0) is 7.05 Å². The number of aromatic nitrogens is 2. The second-order valence-corrected chi connectivity index (χ2v) is 4.02. The molecule has 1 heterocycles. The maximum absolute atomic E-state index is 12.0. The third-order valence-electron chi connectivity index (χ3n) is 2.74. The molecule has 2 rings (SSSR count). The number of rotatable bonds is 4. The first kappa shape index (κ1) is 13.6. The summed E-state index contributed by atoms with van der Waals surface area (Å²) in [4.78, 5) is 23.1. The highest BCUT2D eigenvalue weighted by molar-refractivity contribution is 6.07. The second kappa shape index (κ2) is 5.43. The smallest absolute Gasteiger partial charge is 0.356 e. The summed E-state index contributed by atoms with van der Waals surface area (Å²) < 4.78 is 6.18. The highest BCUT2D eigenvalue weighted by Gasteiger charge is 2.18. The van der Waals surface area contributed by atoms with Crippen molar-refractivity contribution in [2.75, 3.05) is 12.4 Å². The van der Waals surface area contributed by atoms with E-state index in [1.807, 2.05) is 0 Å². The zero-order chi connectivity index (χ0) is 14.7. The Morgan fingerprint density at radius 3 is 2.50 bits per heavy atom. The number of hydrogen-bond acceptors (Lipinski definition) is 4. The number of nitrogens with zero attached hydrogens (tertiary/aromatic N) is 2. The van der Waals surface area contributed by atoms with E-state index in [9.17, 15) is 9.59 Å². The van der Waals surface area contributed by atoms with E-state index in [1.165, 1.54) is 25.0 Å². The van der Waals surface area contributed by atoms with Crippen molar-refractivity contribution in [1.29, 1.82) is 0 Å². The summed E-state index contributed by atoms with van der Waals surface area (Å²) in [5, 5.41) is 15.4. The van der Waals surface area contributed by atoms with Crippen LogP contribution in [0.3, 0.4) is 0 Å². The van der Waals surface area contributed by atoms with Crippen molar-refractivity contribution < 1.29 is 19.4 Å². The molecule has 0 saturated carbocycles. The molecule has 0 radical (unpaired) electrons. The molecule has 2 N–H and O–H groups in total. The molecule has 0 unspecified atom stereocenters. The summed E-state index contributed by atoms with van der Waals surface area (Å²) in [6.45, 7) is 0. The maximum Gasteiger partial charge on any atom is 0.356 e. The van der Waals surface area contributed by atoms with Crippen LogP contribution >= 0.6 is 0 Å². The molecular weight excluding hydrogens is 262 g/mol. The number of benzene rings is 1. The first-order valence-corrected chi connectivity index (χ1v) is 5.73. The summed E-state index contributed by atoms with van der Waals surface area (Å²) in [6.07, 6.45) is 1.30. The van der Waals surface area contributed by atoms with Crippen LogP contribution in [0, 0.1) is 0 Å². The Balaban J connectivity index is 2.21. The SMILES string of the molecule is COc1ccc(C(=O)Nc2cnn(C)c2C(=O)O)cc1. The quantitative estimate of drug-likeness (QED) is 0.879. The summed E-state index contributed by atoms with van der Waals surface area (Å²) in [7, 11) is 3.02. The number of anilines is 1. The van der Waals surface area contributed by atoms with Crippen LogP contribution in [0.4, 0.5) is 5.69 Å². The minimum absolute atomic E-state index is 0.0770. The largest absolute Gasteiger partial charge is 0.497 e. The molecule has 20 heavy (non-hydrogen) atoms. The number of amides is 1. The number of methoxy groups -OCH3 is 1. The summed E-state index contributed by atoms with van der Waals surface area (Å²) >= 11 is 0. The maximum atomic E-state index is 12.0. The van der Waals surface area contributed by atoms with Crippen molar-refractivity contribution in [2.24, 2.45) is 7.05 Å². The molecule has 0 atom stereocenters. The van der Waals surface area contributed by atoms with Gasteiger partial charge in [0.1, 0.15) is 5.75 Å². The number of aromatic carboxylic acids is 1. The molecule has 0 spiro atoms. The van der Waals surface area contributed by atoms with Gasteiger partial charge < -0.3 is 15.2 Å². The van der Waals surface area contributed by atoms with Crippen LogP contribution in [0.5, 0.6) is 5.75 Å². The Bertz CT molecular complexity index is 646. The minimum atomic E-state index is -1.16. The van der Waals surface area contributed by atoms with Crippen molar-refractivity contribution in [3.05, 3.63) is 41.7 Å². The fourth-order valence-corrected chi connectivity index (χ4v) is 1.72. The van der Waals surface area contributed by atoms with E-state index in [-0.39, 0.29) is 11.4 Å². The lowest BCUT2D eigenvalue weighted by atomic mass is 10.2. The van der Waals surface area contributed by atoms with Crippen molar-refractivity contribution in [3.63, 3.8) is 0 Å². The molecule has 1 amide bonds. The monoisotopic (exact) mass is 275 g/mol. The molecule has 0 saturated heterocycles. The van der Waals surface area contributed by atoms with Crippen LogP contribution in [0.15, 0.2) is 30.5 Å². The van der Waals surface area contributed by atoms with E-state index in [1.54, 1.807) is 24.3 Å². The molecule has 7 nitrogen and oxygen atoms in total. The third kappa shape index (κ3) is 2.61. The predicted molar refractivity (Wildman–Crippen MR) is 71.1 cm³/mol. The molecule has 0 aliphatic carbocycles. The van der Waals surface area contributed by atoms with Gasteiger partial charge in [-0.05, 0) is 24.3 Å². The molecule has 2 aromatic rings. The molecule has 104 valence electrons. The van der Waals surface area contributed by atoms with Crippen molar-refractivity contribution in [1.82, 2.24) is 9.78 Å². The fourth-order valence-electron chi connectivity index (χ4n) is 1.72. The Hall–Kier alpha value is -2.83. The number of carbonyl (C=O) groups is 2. The number of carboxylic acids is 1. The second-order valence-electron chi connectivity index (χ2n) is 4.02. The molecule has 0 aliphatic rings. The first-order valence-electron chi connectivity index (χ1n) is 5.73. The lowest BCUT2D eigenvalue weighted by Crippen LogP contribution is -2.15. The Morgan fingerprint density at radius 2 is 1.95 bits per heavy atom. The van der Waals surface area contributed by atoms with Gasteiger partial charge in [0.25, 0.3) is 5.91 Å². The Morgan fingerprint density at radius 1 is 1.30 bits per heavy atom. The van der Waals surface area contributed by atoms with Gasteiger partial charge in [0, 0.05) is 12.6 Å². The number of hydrogen-bond donors (Lipinski definition) is 2. The van der Waals surface area contributed by atoms with Gasteiger partial charge in [0.15, 0.2) is 5.69 Å². The van der Waals surface area contributed by atoms with Gasteiger partial charge >= 0.3 is 5.97 Å². The Labute approximate surface area is 114 Å². The topological polar surface area (TPSA) is 93.5 Å². The lowest BCUT2D eigenvalue weighted by Gasteiger charge is -2.05. The van der Waals surface area contributed by atoms with Crippen molar-refractivity contribution in [3.8, 4) is 5.75 Å². The molecule has 0 bridgehead atoms. The molecule has 0 aliphatic heterocycles. The molecule has 1 aromatic heterocycles. The van der Waals surface area contributed by atoms with Gasteiger partial charge in [-0.15, -0.1) is 0 Å². The molecule has 7 heteroatoms. The third-order valence-corrected chi connectivity index (χ3v) is 2.74. The van der Waals surface area contributed by atoms with E-state index in [0.717, 1.165) is 0 Å². The fraction of sp³-hybridized carbons (Fsp3) is 0.154. The van der Waals surface area contributed by atoms with Crippen LogP contribution in [0.25, 0.3) is 0 Å².